The molecule has 4 heteroatoms. The Morgan fingerprint density at radius 3 is 3.00 bits per heavy atom. The van der Waals surface area contributed by atoms with Crippen molar-refractivity contribution in [1.82, 2.24) is 0 Å². The molecule has 19 heavy (non-hydrogen) atoms. The average molecular weight is 273 g/mol. The largest absolute Gasteiger partial charge is 0.388 e. The Kier molecular flexibility index (Phi) is 3.36. The number of hydrogen-bond donors (Lipinski definition) is 2. The quantitative estimate of drug-likeness (QED) is 0.903. The van der Waals surface area contributed by atoms with E-state index in [2.05, 4.69) is 5.32 Å². The number of aryl methyl sites for hydroxylation is 1. The third kappa shape index (κ3) is 2.69. The van der Waals surface area contributed by atoms with Crippen LogP contribution in [-0.2, 0) is 17.6 Å². The fourth-order valence-corrected chi connectivity index (χ4v) is 3.09. The van der Waals surface area contributed by atoms with E-state index in [9.17, 15) is 9.90 Å². The summed E-state index contributed by atoms with van der Waals surface area (Å²) >= 11 is 1.66. The van der Waals surface area contributed by atoms with Crippen molar-refractivity contribution < 1.29 is 9.90 Å². The third-order valence-corrected chi connectivity index (χ3v) is 4.28. The number of aliphatic hydroxyl groups is 1. The van der Waals surface area contributed by atoms with E-state index in [1.807, 2.05) is 35.7 Å². The molecular weight excluding hydrogens is 258 g/mol. The van der Waals surface area contributed by atoms with Crippen LogP contribution < -0.4 is 5.32 Å². The van der Waals surface area contributed by atoms with Crippen LogP contribution in [0, 0.1) is 0 Å². The lowest BCUT2D eigenvalue weighted by molar-refractivity contribution is -0.116. The van der Waals surface area contributed by atoms with Crippen LogP contribution in [0.25, 0.3) is 0 Å². The van der Waals surface area contributed by atoms with Crippen LogP contribution in [0.3, 0.4) is 0 Å². The van der Waals surface area contributed by atoms with Gasteiger partial charge in [-0.25, -0.2) is 0 Å². The monoisotopic (exact) mass is 273 g/mol. The van der Waals surface area contributed by atoms with Crippen LogP contribution in [0.5, 0.6) is 0 Å². The number of carbonyl (C=O) groups excluding carboxylic acids is 1. The van der Waals surface area contributed by atoms with E-state index in [0.29, 0.717) is 12.8 Å². The first-order chi connectivity index (χ1) is 9.22. The summed E-state index contributed by atoms with van der Waals surface area (Å²) in [4.78, 5) is 12.5. The molecule has 1 amide bonds. The van der Waals surface area contributed by atoms with Gasteiger partial charge in [0.05, 0.1) is 6.10 Å². The number of nitrogens with one attached hydrogen (secondary N) is 1. The third-order valence-electron chi connectivity index (χ3n) is 3.38. The lowest BCUT2D eigenvalue weighted by Gasteiger charge is -2.19. The van der Waals surface area contributed by atoms with Crippen LogP contribution in [0.15, 0.2) is 35.7 Å². The van der Waals surface area contributed by atoms with E-state index < -0.39 is 6.10 Å². The summed E-state index contributed by atoms with van der Waals surface area (Å²) < 4.78 is 0. The van der Waals surface area contributed by atoms with E-state index in [-0.39, 0.29) is 5.91 Å². The molecule has 2 heterocycles. The molecule has 0 radical (unpaired) electrons. The molecule has 3 nitrogen and oxygen atoms in total. The number of anilines is 1. The maximum atomic E-state index is 11.3. The van der Waals surface area contributed by atoms with E-state index in [0.717, 1.165) is 23.2 Å². The Hall–Kier alpha value is -1.65. The van der Waals surface area contributed by atoms with Crippen molar-refractivity contribution in [2.75, 3.05) is 5.32 Å². The zero-order chi connectivity index (χ0) is 13.2. The summed E-state index contributed by atoms with van der Waals surface area (Å²) in [6, 6.07) is 9.82. The molecule has 1 atom stereocenters. The number of fused-ring (bicyclic) bond motifs is 1. The number of aliphatic hydroxyl groups excluding tert-OH is 1. The van der Waals surface area contributed by atoms with Crippen molar-refractivity contribution in [2.24, 2.45) is 0 Å². The van der Waals surface area contributed by atoms with E-state index in [4.69, 9.17) is 0 Å². The van der Waals surface area contributed by atoms with Gasteiger partial charge in [-0.2, -0.15) is 0 Å². The highest BCUT2D eigenvalue weighted by atomic mass is 32.1. The lowest BCUT2D eigenvalue weighted by atomic mass is 9.97. The number of hydrogen-bond acceptors (Lipinski definition) is 3. The molecule has 0 bridgehead atoms. The first-order valence-corrected chi connectivity index (χ1v) is 7.23. The highest BCUT2D eigenvalue weighted by Gasteiger charge is 2.17. The topological polar surface area (TPSA) is 49.3 Å². The number of carbonyl (C=O) groups is 1. The van der Waals surface area contributed by atoms with E-state index >= 15 is 0 Å². The van der Waals surface area contributed by atoms with Crippen molar-refractivity contribution >= 4 is 22.9 Å². The maximum Gasteiger partial charge on any atom is 0.224 e. The van der Waals surface area contributed by atoms with Crippen molar-refractivity contribution in [3.63, 3.8) is 0 Å². The van der Waals surface area contributed by atoms with Gasteiger partial charge in [0.2, 0.25) is 5.91 Å². The van der Waals surface area contributed by atoms with E-state index in [1.165, 1.54) is 4.88 Å². The minimum atomic E-state index is -0.485. The zero-order valence-electron chi connectivity index (χ0n) is 10.4. The van der Waals surface area contributed by atoms with Crippen molar-refractivity contribution in [1.29, 1.82) is 0 Å². The molecule has 1 aromatic heterocycles. The lowest BCUT2D eigenvalue weighted by Crippen LogP contribution is -2.19. The van der Waals surface area contributed by atoms with Crippen LogP contribution in [0.4, 0.5) is 5.69 Å². The summed E-state index contributed by atoms with van der Waals surface area (Å²) in [6.45, 7) is 0. The zero-order valence-corrected chi connectivity index (χ0v) is 11.2. The highest BCUT2D eigenvalue weighted by molar-refractivity contribution is 7.09. The number of thiophene rings is 1. The molecule has 0 aliphatic carbocycles. The second-order valence-corrected chi connectivity index (χ2v) is 5.80. The van der Waals surface area contributed by atoms with Gasteiger partial charge >= 0.3 is 0 Å². The molecule has 1 unspecified atom stereocenters. The normalized spacial score (nSPS) is 15.7. The number of amides is 1. The number of rotatable bonds is 3. The Morgan fingerprint density at radius 1 is 1.32 bits per heavy atom. The van der Waals surface area contributed by atoms with Gasteiger partial charge in [0, 0.05) is 23.4 Å². The van der Waals surface area contributed by atoms with Crippen LogP contribution in [0.1, 0.15) is 28.5 Å². The molecule has 1 aromatic carbocycles. The van der Waals surface area contributed by atoms with Gasteiger partial charge in [-0.1, -0.05) is 18.2 Å². The van der Waals surface area contributed by atoms with Gasteiger partial charge in [0.15, 0.2) is 0 Å². The molecule has 0 saturated heterocycles. The molecule has 2 aromatic rings. The van der Waals surface area contributed by atoms with Gasteiger partial charge in [-0.05, 0) is 35.1 Å². The SMILES string of the molecule is O=C1CCc2cc(C(O)Cc3cccs3)ccc2N1. The fourth-order valence-electron chi connectivity index (χ4n) is 2.35. The Morgan fingerprint density at radius 2 is 2.21 bits per heavy atom. The fraction of sp³-hybridized carbons (Fsp3) is 0.267. The molecule has 1 aliphatic rings. The molecule has 1 aliphatic heterocycles. The molecular formula is C15H15NO2S. The van der Waals surface area contributed by atoms with Gasteiger partial charge in [0.25, 0.3) is 0 Å². The van der Waals surface area contributed by atoms with Gasteiger partial charge in [-0.15, -0.1) is 11.3 Å². The van der Waals surface area contributed by atoms with Gasteiger partial charge in [0.1, 0.15) is 0 Å². The summed E-state index contributed by atoms with van der Waals surface area (Å²) in [6.07, 6.45) is 1.43. The molecule has 2 N–H and O–H groups in total. The maximum absolute atomic E-state index is 11.3. The summed E-state index contributed by atoms with van der Waals surface area (Å²) in [5.74, 6) is 0.0689. The minimum Gasteiger partial charge on any atom is -0.388 e. The van der Waals surface area contributed by atoms with Crippen molar-refractivity contribution in [3.8, 4) is 0 Å². The van der Waals surface area contributed by atoms with Crippen LogP contribution in [-0.4, -0.2) is 11.0 Å². The first-order valence-electron chi connectivity index (χ1n) is 6.35. The van der Waals surface area contributed by atoms with Crippen LogP contribution in [0.2, 0.25) is 0 Å². The summed E-state index contributed by atoms with van der Waals surface area (Å²) in [5, 5.41) is 15.1. The summed E-state index contributed by atoms with van der Waals surface area (Å²) in [7, 11) is 0. The first kappa shape index (κ1) is 12.4. The molecule has 3 rings (SSSR count). The minimum absolute atomic E-state index is 0.0689. The van der Waals surface area contributed by atoms with E-state index in [1.54, 1.807) is 11.3 Å². The Labute approximate surface area is 115 Å². The number of benzene rings is 1. The molecule has 98 valence electrons. The highest BCUT2D eigenvalue weighted by Crippen LogP contribution is 2.28. The van der Waals surface area contributed by atoms with Crippen LogP contribution >= 0.6 is 11.3 Å². The molecule has 0 spiro atoms. The van der Waals surface area contributed by atoms with Crippen molar-refractivity contribution in [2.45, 2.75) is 25.4 Å². The second-order valence-electron chi connectivity index (χ2n) is 4.76. The van der Waals surface area contributed by atoms with Gasteiger partial charge < -0.3 is 10.4 Å². The molecule has 0 saturated carbocycles. The second kappa shape index (κ2) is 5.15. The Balaban J connectivity index is 1.80. The van der Waals surface area contributed by atoms with Crippen molar-refractivity contribution in [3.05, 3.63) is 51.7 Å². The summed E-state index contributed by atoms with van der Waals surface area (Å²) in [5.41, 5.74) is 2.91. The predicted octanol–water partition coefficient (Wildman–Crippen LogP) is 2.91. The standard InChI is InChI=1S/C15H15NO2S/c17-14(9-12-2-1-7-19-12)11-3-5-13-10(8-11)4-6-15(18)16-13/h1-3,5,7-8,14,17H,4,6,9H2,(H,16,18). The smallest absolute Gasteiger partial charge is 0.224 e. The van der Waals surface area contributed by atoms with Gasteiger partial charge in [-0.3, -0.25) is 4.79 Å². The Bertz CT molecular complexity index is 592. The molecule has 0 fully saturated rings. The average Bonchev–Trinajstić information content (AvgIpc) is 2.91. The predicted molar refractivity (Wildman–Crippen MR) is 76.4 cm³/mol.